The van der Waals surface area contributed by atoms with E-state index in [-0.39, 0.29) is 12.5 Å². The van der Waals surface area contributed by atoms with Crippen LogP contribution in [0.25, 0.3) is 0 Å². The molecule has 0 bridgehead atoms. The van der Waals surface area contributed by atoms with Crippen LogP contribution in [0.3, 0.4) is 0 Å². The Bertz CT molecular complexity index is 1480. The van der Waals surface area contributed by atoms with Gasteiger partial charge in [0.15, 0.2) is 6.29 Å². The van der Waals surface area contributed by atoms with E-state index in [4.69, 9.17) is 9.47 Å². The molecular formula is C73H135NO8. The van der Waals surface area contributed by atoms with Crippen molar-refractivity contribution in [2.24, 2.45) is 0 Å². The minimum Gasteiger partial charge on any atom is -0.394 e. The molecule has 7 unspecified atom stereocenters. The molecule has 0 saturated carbocycles. The van der Waals surface area contributed by atoms with Gasteiger partial charge in [-0.1, -0.05) is 319 Å². The molecule has 9 nitrogen and oxygen atoms in total. The summed E-state index contributed by atoms with van der Waals surface area (Å²) >= 11 is 0. The molecule has 82 heavy (non-hydrogen) atoms. The maximum absolute atomic E-state index is 13.1. The smallest absolute Gasteiger partial charge is 0.220 e. The van der Waals surface area contributed by atoms with Gasteiger partial charge in [0.1, 0.15) is 24.4 Å². The van der Waals surface area contributed by atoms with E-state index in [9.17, 15) is 30.3 Å². The van der Waals surface area contributed by atoms with Crippen molar-refractivity contribution in [3.8, 4) is 0 Å². The number of amides is 1. The maximum atomic E-state index is 13.1. The van der Waals surface area contributed by atoms with Gasteiger partial charge in [0.05, 0.1) is 25.4 Å². The summed E-state index contributed by atoms with van der Waals surface area (Å²) in [6.45, 7) is 3.80. The second-order valence-corrected chi connectivity index (χ2v) is 24.7. The Balaban J connectivity index is 2.13. The lowest BCUT2D eigenvalue weighted by atomic mass is 9.99. The summed E-state index contributed by atoms with van der Waals surface area (Å²) in [4.78, 5) is 13.1. The van der Waals surface area contributed by atoms with Gasteiger partial charge in [0.25, 0.3) is 0 Å². The van der Waals surface area contributed by atoms with Gasteiger partial charge in [-0.15, -0.1) is 0 Å². The zero-order valence-corrected chi connectivity index (χ0v) is 53.8. The van der Waals surface area contributed by atoms with Gasteiger partial charge < -0.3 is 40.3 Å². The number of nitrogens with one attached hydrogen (secondary N) is 1. The lowest BCUT2D eigenvalue weighted by Gasteiger charge is -2.40. The number of aliphatic hydroxyl groups is 5. The number of ether oxygens (including phenoxy) is 2. The summed E-state index contributed by atoms with van der Waals surface area (Å²) in [6.07, 6.45) is 79.1. The van der Waals surface area contributed by atoms with Crippen LogP contribution in [-0.2, 0) is 14.3 Å². The van der Waals surface area contributed by atoms with Gasteiger partial charge >= 0.3 is 0 Å². The van der Waals surface area contributed by atoms with E-state index in [2.05, 4.69) is 67.8 Å². The summed E-state index contributed by atoms with van der Waals surface area (Å²) < 4.78 is 11.3. The van der Waals surface area contributed by atoms with Gasteiger partial charge in [0, 0.05) is 6.42 Å². The van der Waals surface area contributed by atoms with E-state index in [1.165, 1.54) is 270 Å². The number of hydrogen-bond acceptors (Lipinski definition) is 8. The lowest BCUT2D eigenvalue weighted by Crippen LogP contribution is -2.60. The molecule has 0 aliphatic carbocycles. The van der Waals surface area contributed by atoms with Gasteiger partial charge in [0.2, 0.25) is 5.91 Å². The standard InChI is InChI=1S/C73H135NO8/c1-3-5-7-9-11-13-15-17-19-21-23-25-27-29-30-31-32-33-34-35-36-37-38-39-41-43-45-47-49-51-53-55-57-59-61-63-69(77)74-66(65-81-73-72(80)71(79)70(78)68(64-75)82-73)67(76)62-60-58-56-54-52-50-48-46-44-42-40-28-26-24-22-20-18-16-14-12-10-8-6-4-2/h27,29,31-32,44,46,52,54,60,62,66-68,70-73,75-76,78-80H,3-26,28,30,33-43,45,47-51,53,55-59,61,63-65H2,1-2H3,(H,74,77)/b29-27-,32-31-,46-44+,54-52+,62-60+. The first-order valence-corrected chi connectivity index (χ1v) is 35.5. The minimum absolute atomic E-state index is 0.187. The molecule has 0 aromatic rings. The van der Waals surface area contributed by atoms with E-state index in [1.54, 1.807) is 6.08 Å². The van der Waals surface area contributed by atoms with Crippen molar-refractivity contribution in [2.45, 2.75) is 384 Å². The average molecular weight is 1150 g/mol. The SMILES string of the molecule is CCCCCCCCCCCCC/C=C\C/C=C\CCCCCCCCCCCCCCCCCCCC(=O)NC(COC1OC(CO)C(O)C(O)C1O)C(O)/C=C/CC/C=C/CC/C=C/CCCCCCCCCCCCCCCC. The lowest BCUT2D eigenvalue weighted by molar-refractivity contribution is -0.302. The molecule has 0 aromatic carbocycles. The van der Waals surface area contributed by atoms with Crippen LogP contribution in [0.5, 0.6) is 0 Å². The Morgan fingerprint density at radius 3 is 1.10 bits per heavy atom. The monoisotopic (exact) mass is 1150 g/mol. The highest BCUT2D eigenvalue weighted by Gasteiger charge is 2.44. The predicted octanol–water partition coefficient (Wildman–Crippen LogP) is 19.4. The van der Waals surface area contributed by atoms with Crippen molar-refractivity contribution in [2.75, 3.05) is 13.2 Å². The van der Waals surface area contributed by atoms with E-state index in [0.717, 1.165) is 51.4 Å². The third-order valence-electron chi connectivity index (χ3n) is 16.8. The van der Waals surface area contributed by atoms with Gasteiger partial charge in [-0.2, -0.15) is 0 Å². The third kappa shape index (κ3) is 50.1. The molecule has 1 saturated heterocycles. The normalized spacial score (nSPS) is 18.6. The van der Waals surface area contributed by atoms with Crippen LogP contribution in [0, 0.1) is 0 Å². The zero-order chi connectivity index (χ0) is 59.3. The molecule has 7 atom stereocenters. The van der Waals surface area contributed by atoms with Crippen LogP contribution in [-0.4, -0.2) is 87.5 Å². The first-order chi connectivity index (χ1) is 40.3. The molecule has 480 valence electrons. The Hall–Kier alpha value is -2.11. The number of carbonyl (C=O) groups excluding carboxylic acids is 1. The van der Waals surface area contributed by atoms with Gasteiger partial charge in [-0.25, -0.2) is 0 Å². The fourth-order valence-corrected chi connectivity index (χ4v) is 11.2. The summed E-state index contributed by atoms with van der Waals surface area (Å²) in [5.41, 5.74) is 0. The number of carbonyl (C=O) groups is 1. The van der Waals surface area contributed by atoms with Crippen LogP contribution in [0.2, 0.25) is 0 Å². The molecular weight excluding hydrogens is 1020 g/mol. The van der Waals surface area contributed by atoms with E-state index in [1.807, 2.05) is 6.08 Å². The minimum atomic E-state index is -1.58. The molecule has 0 spiro atoms. The molecule has 9 heteroatoms. The first-order valence-electron chi connectivity index (χ1n) is 35.5. The topological polar surface area (TPSA) is 149 Å². The fourth-order valence-electron chi connectivity index (χ4n) is 11.2. The third-order valence-corrected chi connectivity index (χ3v) is 16.8. The highest BCUT2D eigenvalue weighted by Crippen LogP contribution is 2.23. The highest BCUT2D eigenvalue weighted by atomic mass is 16.7. The second kappa shape index (κ2) is 62.0. The van der Waals surface area contributed by atoms with Gasteiger partial charge in [-0.3, -0.25) is 4.79 Å². The van der Waals surface area contributed by atoms with E-state index in [0.29, 0.717) is 6.42 Å². The van der Waals surface area contributed by atoms with Crippen LogP contribution in [0.15, 0.2) is 60.8 Å². The number of rotatable bonds is 62. The second-order valence-electron chi connectivity index (χ2n) is 24.7. The number of hydrogen-bond donors (Lipinski definition) is 6. The molecule has 0 aromatic heterocycles. The van der Waals surface area contributed by atoms with E-state index < -0.39 is 49.5 Å². The van der Waals surface area contributed by atoms with E-state index >= 15 is 0 Å². The highest BCUT2D eigenvalue weighted by molar-refractivity contribution is 5.76. The van der Waals surface area contributed by atoms with Crippen molar-refractivity contribution in [3.63, 3.8) is 0 Å². The first kappa shape index (κ1) is 77.9. The molecule has 1 fully saturated rings. The average Bonchev–Trinajstić information content (AvgIpc) is 3.52. The summed E-state index contributed by atoms with van der Waals surface area (Å²) in [5, 5.41) is 54.7. The maximum Gasteiger partial charge on any atom is 0.220 e. The Labute approximate surface area is 506 Å². The molecule has 1 rings (SSSR count). The molecule has 6 N–H and O–H groups in total. The van der Waals surface area contributed by atoms with Crippen molar-refractivity contribution < 1.29 is 39.8 Å². The predicted molar refractivity (Wildman–Crippen MR) is 350 cm³/mol. The molecule has 1 heterocycles. The van der Waals surface area contributed by atoms with Crippen LogP contribution in [0.1, 0.15) is 341 Å². The number of allylic oxidation sites excluding steroid dienone is 9. The Morgan fingerprint density at radius 1 is 0.415 bits per heavy atom. The van der Waals surface area contributed by atoms with Gasteiger partial charge in [-0.05, 0) is 77.0 Å². The zero-order valence-electron chi connectivity index (χ0n) is 53.8. The van der Waals surface area contributed by atoms with Crippen molar-refractivity contribution in [1.82, 2.24) is 5.32 Å². The van der Waals surface area contributed by atoms with Crippen LogP contribution < -0.4 is 5.32 Å². The molecule has 1 aliphatic rings. The molecule has 1 aliphatic heterocycles. The largest absolute Gasteiger partial charge is 0.394 e. The summed E-state index contributed by atoms with van der Waals surface area (Å²) in [6, 6.07) is -0.831. The van der Waals surface area contributed by atoms with Crippen molar-refractivity contribution in [1.29, 1.82) is 0 Å². The number of unbranched alkanes of at least 4 members (excludes halogenated alkanes) is 44. The van der Waals surface area contributed by atoms with Crippen LogP contribution in [0.4, 0.5) is 0 Å². The fraction of sp³-hybridized carbons (Fsp3) is 0.849. The van der Waals surface area contributed by atoms with Crippen molar-refractivity contribution >= 4 is 5.91 Å². The Kier molecular flexibility index (Phi) is 58.9. The quantitative estimate of drug-likeness (QED) is 0.0261. The number of aliphatic hydroxyl groups excluding tert-OH is 5. The van der Waals surface area contributed by atoms with Crippen LogP contribution >= 0.6 is 0 Å². The Morgan fingerprint density at radius 2 is 0.732 bits per heavy atom. The van der Waals surface area contributed by atoms with Crippen molar-refractivity contribution in [3.05, 3.63) is 60.8 Å². The summed E-state index contributed by atoms with van der Waals surface area (Å²) in [7, 11) is 0. The summed E-state index contributed by atoms with van der Waals surface area (Å²) in [5.74, 6) is -0.187. The molecule has 0 radical (unpaired) electrons. The molecule has 1 amide bonds.